The predicted octanol–water partition coefficient (Wildman–Crippen LogP) is 3.76. The molecule has 0 aliphatic rings. The normalized spacial score (nSPS) is 10.3. The van der Waals surface area contributed by atoms with E-state index >= 15 is 0 Å². The van der Waals surface area contributed by atoms with Gasteiger partial charge in [-0.05, 0) is 34.1 Å². The topological polar surface area (TPSA) is 22.4 Å². The van der Waals surface area contributed by atoms with Crippen molar-refractivity contribution >= 4 is 15.9 Å². The van der Waals surface area contributed by atoms with Crippen molar-refractivity contribution in [2.24, 2.45) is 0 Å². The Bertz CT molecular complexity index is 440. The number of hydrogen-bond donors (Lipinski definition) is 0. The minimum Gasteiger partial charge on any atom is -0.487 e. The highest BCUT2D eigenvalue weighted by Gasteiger charge is 2.03. The summed E-state index contributed by atoms with van der Waals surface area (Å²) < 4.78 is 23.9. The molecule has 1 aromatic carbocycles. The molecule has 0 radical (unpaired) electrons. The monoisotopic (exact) mass is 270 g/mol. The van der Waals surface area contributed by atoms with Gasteiger partial charge in [-0.2, -0.15) is 0 Å². The fourth-order valence-electron chi connectivity index (χ4n) is 1.12. The summed E-state index contributed by atoms with van der Waals surface area (Å²) in [5.41, 5.74) is 0.908. The molecule has 0 saturated carbocycles. The predicted molar refractivity (Wildman–Crippen MR) is 57.1 cm³/mol. The molecule has 0 amide bonds. The van der Waals surface area contributed by atoms with Gasteiger partial charge in [-0.1, -0.05) is 0 Å². The van der Waals surface area contributed by atoms with E-state index in [1.54, 1.807) is 24.7 Å². The average molecular weight is 271 g/mol. The second-order valence-electron chi connectivity index (χ2n) is 3.00. The lowest BCUT2D eigenvalue weighted by Gasteiger charge is -2.06. The van der Waals surface area contributed by atoms with Crippen molar-refractivity contribution < 1.29 is 13.5 Å². The van der Waals surface area contributed by atoms with E-state index in [1.807, 2.05) is 0 Å². The van der Waals surface area contributed by atoms with Gasteiger partial charge in [-0.15, -0.1) is 0 Å². The van der Waals surface area contributed by atoms with Gasteiger partial charge in [0, 0.05) is 11.6 Å². The summed E-state index contributed by atoms with van der Waals surface area (Å²) in [6, 6.07) is 6.12. The second-order valence-corrected chi connectivity index (χ2v) is 3.85. The van der Waals surface area contributed by atoms with Crippen LogP contribution in [0.1, 0.15) is 5.56 Å². The van der Waals surface area contributed by atoms with Crippen LogP contribution in [0.5, 0.6) is 5.75 Å². The minimum absolute atomic E-state index is 0.319. The number of rotatable bonds is 3. The van der Waals surface area contributed by atoms with Crippen molar-refractivity contribution in [1.29, 1.82) is 0 Å². The van der Waals surface area contributed by atoms with Crippen molar-refractivity contribution in [3.8, 4) is 5.75 Å². The highest BCUT2D eigenvalue weighted by molar-refractivity contribution is 9.10. The third-order valence-corrected chi connectivity index (χ3v) is 2.52. The Labute approximate surface area is 94.8 Å². The molecule has 1 heterocycles. The zero-order valence-electron chi connectivity index (χ0n) is 7.74. The maximum Gasteiger partial charge on any atom is 0.136 e. The molecule has 0 fully saturated rings. The Morgan fingerprint density at radius 3 is 2.93 bits per heavy atom. The first-order chi connectivity index (χ1) is 7.25. The zero-order chi connectivity index (χ0) is 10.7. The summed E-state index contributed by atoms with van der Waals surface area (Å²) in [4.78, 5) is 0. The number of benzene rings is 1. The maximum atomic E-state index is 12.9. The van der Waals surface area contributed by atoms with Crippen LogP contribution in [0, 0.1) is 5.82 Å². The van der Waals surface area contributed by atoms with E-state index in [1.165, 1.54) is 12.1 Å². The van der Waals surface area contributed by atoms with Gasteiger partial charge >= 0.3 is 0 Å². The molecule has 0 unspecified atom stereocenters. The van der Waals surface area contributed by atoms with Crippen molar-refractivity contribution in [3.63, 3.8) is 0 Å². The van der Waals surface area contributed by atoms with Gasteiger partial charge in [0.1, 0.15) is 18.2 Å². The molecule has 15 heavy (non-hydrogen) atoms. The first kappa shape index (κ1) is 10.2. The van der Waals surface area contributed by atoms with Crippen molar-refractivity contribution in [2.75, 3.05) is 0 Å². The Kier molecular flexibility index (Phi) is 3.06. The van der Waals surface area contributed by atoms with Gasteiger partial charge in [0.2, 0.25) is 0 Å². The molecule has 2 nitrogen and oxygen atoms in total. The van der Waals surface area contributed by atoms with E-state index in [-0.39, 0.29) is 5.82 Å². The van der Waals surface area contributed by atoms with Crippen LogP contribution >= 0.6 is 15.9 Å². The summed E-state index contributed by atoms with van der Waals surface area (Å²) >= 11 is 3.28. The van der Waals surface area contributed by atoms with Crippen LogP contribution in [0.3, 0.4) is 0 Å². The van der Waals surface area contributed by atoms with Crippen LogP contribution in [-0.4, -0.2) is 0 Å². The summed E-state index contributed by atoms with van der Waals surface area (Å²) in [5.74, 6) is 0.164. The lowest BCUT2D eigenvalue weighted by Crippen LogP contribution is -1.94. The summed E-state index contributed by atoms with van der Waals surface area (Å²) in [6.07, 6.45) is 3.16. The van der Waals surface area contributed by atoms with E-state index in [0.29, 0.717) is 12.4 Å². The molecular weight excluding hydrogens is 263 g/mol. The summed E-state index contributed by atoms with van der Waals surface area (Å²) in [6.45, 7) is 0.360. The van der Waals surface area contributed by atoms with Crippen LogP contribution in [0.2, 0.25) is 0 Å². The van der Waals surface area contributed by atoms with Crippen molar-refractivity contribution in [2.45, 2.75) is 6.61 Å². The van der Waals surface area contributed by atoms with Gasteiger partial charge in [0.25, 0.3) is 0 Å². The van der Waals surface area contributed by atoms with E-state index < -0.39 is 0 Å². The number of hydrogen-bond acceptors (Lipinski definition) is 2. The average Bonchev–Trinajstić information content (AvgIpc) is 2.72. The lowest BCUT2D eigenvalue weighted by molar-refractivity contribution is 0.301. The van der Waals surface area contributed by atoms with Crippen LogP contribution < -0.4 is 4.74 Å². The lowest BCUT2D eigenvalue weighted by atomic mass is 10.3. The molecule has 0 saturated heterocycles. The van der Waals surface area contributed by atoms with Crippen LogP contribution in [0.15, 0.2) is 45.7 Å². The smallest absolute Gasteiger partial charge is 0.136 e. The van der Waals surface area contributed by atoms with Crippen LogP contribution in [0.4, 0.5) is 4.39 Å². The maximum absolute atomic E-state index is 12.9. The number of halogens is 2. The SMILES string of the molecule is Fc1ccc(Br)c(OCc2ccoc2)c1. The summed E-state index contributed by atoms with van der Waals surface area (Å²) in [7, 11) is 0. The first-order valence-corrected chi connectivity index (χ1v) is 5.14. The molecule has 0 aliphatic heterocycles. The highest BCUT2D eigenvalue weighted by Crippen LogP contribution is 2.26. The first-order valence-electron chi connectivity index (χ1n) is 4.34. The van der Waals surface area contributed by atoms with Crippen molar-refractivity contribution in [3.05, 3.63) is 52.6 Å². The molecule has 2 aromatic rings. The largest absolute Gasteiger partial charge is 0.487 e. The standard InChI is InChI=1S/C11H8BrFO2/c12-10-2-1-9(13)5-11(10)15-7-8-3-4-14-6-8/h1-6H,7H2. The molecule has 1 aromatic heterocycles. The van der Waals surface area contributed by atoms with E-state index in [0.717, 1.165) is 10.0 Å². The molecule has 2 rings (SSSR count). The highest BCUT2D eigenvalue weighted by atomic mass is 79.9. The quantitative estimate of drug-likeness (QED) is 0.848. The molecule has 0 aliphatic carbocycles. The molecule has 4 heteroatoms. The molecule has 0 spiro atoms. The molecule has 78 valence electrons. The Morgan fingerprint density at radius 2 is 2.20 bits per heavy atom. The number of ether oxygens (including phenoxy) is 1. The Morgan fingerprint density at radius 1 is 1.33 bits per heavy atom. The van der Waals surface area contributed by atoms with E-state index in [2.05, 4.69) is 15.9 Å². The van der Waals surface area contributed by atoms with Crippen molar-refractivity contribution in [1.82, 2.24) is 0 Å². The van der Waals surface area contributed by atoms with Gasteiger partial charge in [0.05, 0.1) is 17.0 Å². The zero-order valence-corrected chi connectivity index (χ0v) is 9.33. The minimum atomic E-state index is -0.319. The molecular formula is C11H8BrFO2. The van der Waals surface area contributed by atoms with E-state index in [4.69, 9.17) is 9.15 Å². The fourth-order valence-corrected chi connectivity index (χ4v) is 1.48. The molecule has 0 atom stereocenters. The van der Waals surface area contributed by atoms with Crippen LogP contribution in [0.25, 0.3) is 0 Å². The fraction of sp³-hybridized carbons (Fsp3) is 0.0909. The van der Waals surface area contributed by atoms with E-state index in [9.17, 15) is 4.39 Å². The van der Waals surface area contributed by atoms with Gasteiger partial charge in [-0.25, -0.2) is 4.39 Å². The second kappa shape index (κ2) is 4.49. The van der Waals surface area contributed by atoms with Gasteiger partial charge in [0.15, 0.2) is 0 Å². The Hall–Kier alpha value is -1.29. The third kappa shape index (κ3) is 2.59. The Balaban J connectivity index is 2.07. The van der Waals surface area contributed by atoms with Gasteiger partial charge in [-0.3, -0.25) is 0 Å². The molecule has 0 bridgehead atoms. The van der Waals surface area contributed by atoms with Crippen LogP contribution in [-0.2, 0) is 6.61 Å². The van der Waals surface area contributed by atoms with Gasteiger partial charge < -0.3 is 9.15 Å². The third-order valence-electron chi connectivity index (χ3n) is 1.87. The summed E-state index contributed by atoms with van der Waals surface area (Å²) in [5, 5.41) is 0. The molecule has 0 N–H and O–H groups in total. The number of furan rings is 1.